The highest BCUT2D eigenvalue weighted by Gasteiger charge is 2.37. The van der Waals surface area contributed by atoms with Gasteiger partial charge in [0.05, 0.1) is 18.4 Å². The summed E-state index contributed by atoms with van der Waals surface area (Å²) in [5.74, 6) is 0.665. The van der Waals surface area contributed by atoms with Gasteiger partial charge in [-0.3, -0.25) is 0 Å². The maximum atomic E-state index is 12.6. The van der Waals surface area contributed by atoms with Crippen molar-refractivity contribution in [3.05, 3.63) is 60.4 Å². The van der Waals surface area contributed by atoms with Crippen LogP contribution in [0.25, 0.3) is 11.3 Å². The second-order valence-corrected chi connectivity index (χ2v) is 7.18. The maximum Gasteiger partial charge on any atom is 0.407 e. The molecule has 4 rings (SSSR count). The van der Waals surface area contributed by atoms with Gasteiger partial charge in [-0.15, -0.1) is 0 Å². The smallest absolute Gasteiger partial charge is 0.407 e. The largest absolute Gasteiger partial charge is 0.444 e. The van der Waals surface area contributed by atoms with Gasteiger partial charge in [-0.1, -0.05) is 24.3 Å². The molecule has 0 spiro atoms. The normalized spacial score (nSPS) is 20.8. The van der Waals surface area contributed by atoms with E-state index in [0.717, 1.165) is 17.3 Å². The molecule has 3 N–H and O–H groups in total. The lowest BCUT2D eigenvalue weighted by atomic mass is 10.0. The van der Waals surface area contributed by atoms with Crippen LogP contribution in [0.15, 0.2) is 53.7 Å². The Morgan fingerprint density at radius 2 is 2.13 bits per heavy atom. The molecule has 3 aromatic rings. The van der Waals surface area contributed by atoms with Crippen LogP contribution in [0.2, 0.25) is 0 Å². The van der Waals surface area contributed by atoms with Crippen LogP contribution in [0.4, 0.5) is 13.6 Å². The van der Waals surface area contributed by atoms with Crippen LogP contribution in [0.3, 0.4) is 0 Å². The summed E-state index contributed by atoms with van der Waals surface area (Å²) in [7, 11) is 0. The minimum atomic E-state index is -2.74. The number of alkyl halides is 2. The first kappa shape index (κ1) is 20.9. The number of alkyl carbamates (subject to hydrolysis) is 1. The molecule has 0 radical (unpaired) electrons. The number of rotatable bonds is 7. The fourth-order valence-corrected chi connectivity index (χ4v) is 3.45. The van der Waals surface area contributed by atoms with E-state index in [0.29, 0.717) is 29.0 Å². The summed E-state index contributed by atoms with van der Waals surface area (Å²) in [6, 6.07) is 7.40. The Morgan fingerprint density at radius 1 is 1.32 bits per heavy atom. The van der Waals surface area contributed by atoms with Gasteiger partial charge in [-0.25, -0.2) is 14.5 Å². The fraction of sp³-hybridized carbons (Fsp3) is 0.350. The number of oxazole rings is 1. The molecule has 1 amide bonds. The molecule has 3 heterocycles. The number of aromatic nitrogens is 3. The van der Waals surface area contributed by atoms with Gasteiger partial charge < -0.3 is 24.9 Å². The van der Waals surface area contributed by atoms with E-state index in [1.807, 2.05) is 24.3 Å². The van der Waals surface area contributed by atoms with Crippen molar-refractivity contribution in [3.8, 4) is 11.3 Å². The zero-order valence-corrected chi connectivity index (χ0v) is 16.3. The number of hydrogen-bond acceptors (Lipinski definition) is 7. The molecule has 1 aromatic carbocycles. The van der Waals surface area contributed by atoms with Crippen LogP contribution in [-0.2, 0) is 17.7 Å². The third-order valence-corrected chi connectivity index (χ3v) is 5.03. The van der Waals surface area contributed by atoms with Gasteiger partial charge in [0.15, 0.2) is 12.2 Å². The second kappa shape index (κ2) is 9.23. The molecule has 0 bridgehead atoms. The fourth-order valence-electron chi connectivity index (χ4n) is 3.45. The van der Waals surface area contributed by atoms with Crippen molar-refractivity contribution in [3.63, 3.8) is 0 Å². The van der Waals surface area contributed by atoms with E-state index < -0.39 is 24.9 Å². The van der Waals surface area contributed by atoms with E-state index in [1.54, 1.807) is 6.20 Å². The highest BCUT2D eigenvalue weighted by molar-refractivity contribution is 5.67. The zero-order chi connectivity index (χ0) is 21.8. The molecule has 11 heteroatoms. The van der Waals surface area contributed by atoms with Gasteiger partial charge in [-0.2, -0.15) is 13.9 Å². The summed E-state index contributed by atoms with van der Waals surface area (Å²) < 4.78 is 36.3. The molecular weight excluding hydrogens is 412 g/mol. The summed E-state index contributed by atoms with van der Waals surface area (Å²) in [6.07, 6.45) is 3.56. The number of aliphatic hydroxyl groups excluding tert-OH is 1. The monoisotopic (exact) mass is 433 g/mol. The molecule has 164 valence electrons. The average molecular weight is 433 g/mol. The third kappa shape index (κ3) is 5.06. The second-order valence-electron chi connectivity index (χ2n) is 7.18. The maximum absolute atomic E-state index is 12.6. The van der Waals surface area contributed by atoms with Crippen LogP contribution in [0, 0.1) is 0 Å². The molecule has 0 unspecified atom stereocenters. The van der Waals surface area contributed by atoms with Crippen molar-refractivity contribution in [1.29, 1.82) is 0 Å². The molecule has 1 fully saturated rings. The highest BCUT2D eigenvalue weighted by atomic mass is 19.3. The number of benzene rings is 1. The number of hydrogen-bond donors (Lipinski definition) is 3. The minimum Gasteiger partial charge on any atom is -0.444 e. The molecule has 1 aliphatic rings. The standard InChI is InChI=1S/C20H21F2N5O4/c21-19(22)27-10-13(7-26-27)6-25-20(29)31-18-15(24-8-16(18)28)5-12-1-3-14(4-2-12)17-9-23-11-30-17/h1-4,7,9-11,15-16,18-19,24,28H,5-6,8H2,(H,25,29)/t15-,16+,18+/m1/s1. The Bertz CT molecular complexity index is 993. The topological polar surface area (TPSA) is 114 Å². The van der Waals surface area contributed by atoms with E-state index in [1.165, 1.54) is 12.6 Å². The van der Waals surface area contributed by atoms with E-state index in [-0.39, 0.29) is 12.6 Å². The van der Waals surface area contributed by atoms with Crippen molar-refractivity contribution in [1.82, 2.24) is 25.4 Å². The molecule has 0 aliphatic carbocycles. The van der Waals surface area contributed by atoms with E-state index in [2.05, 4.69) is 20.7 Å². The Morgan fingerprint density at radius 3 is 2.81 bits per heavy atom. The van der Waals surface area contributed by atoms with Gasteiger partial charge in [-0.05, 0) is 12.0 Å². The lowest BCUT2D eigenvalue weighted by Gasteiger charge is -2.22. The number of halogens is 2. The van der Waals surface area contributed by atoms with Gasteiger partial charge in [0, 0.05) is 30.4 Å². The summed E-state index contributed by atoms with van der Waals surface area (Å²) in [5.41, 5.74) is 2.29. The minimum absolute atomic E-state index is 0.0183. The zero-order valence-electron chi connectivity index (χ0n) is 16.3. The lowest BCUT2D eigenvalue weighted by molar-refractivity contribution is 0.0188. The van der Waals surface area contributed by atoms with Crippen LogP contribution in [0.5, 0.6) is 0 Å². The van der Waals surface area contributed by atoms with Gasteiger partial charge in [0.2, 0.25) is 0 Å². The molecule has 2 aromatic heterocycles. The number of carbonyl (C=O) groups is 1. The number of aliphatic hydroxyl groups is 1. The molecule has 31 heavy (non-hydrogen) atoms. The SMILES string of the molecule is O=C(NCc1cnn(C(F)F)c1)O[C@@H]1[C@@H](O)CN[C@@H]1Cc1ccc(-c2cnco2)cc1. The first-order valence-electron chi connectivity index (χ1n) is 9.64. The summed E-state index contributed by atoms with van der Waals surface area (Å²) in [6.45, 7) is -2.47. The number of ether oxygens (including phenoxy) is 1. The Labute approximate surface area is 176 Å². The van der Waals surface area contributed by atoms with E-state index in [4.69, 9.17) is 9.15 Å². The van der Waals surface area contributed by atoms with Crippen molar-refractivity contribution in [2.45, 2.75) is 37.8 Å². The quantitative estimate of drug-likeness (QED) is 0.523. The number of nitrogens with zero attached hydrogens (tertiary/aromatic N) is 3. The molecule has 1 aliphatic heterocycles. The van der Waals surface area contributed by atoms with Crippen LogP contribution < -0.4 is 10.6 Å². The van der Waals surface area contributed by atoms with Gasteiger partial charge in [0.1, 0.15) is 12.2 Å². The predicted molar refractivity (Wildman–Crippen MR) is 104 cm³/mol. The van der Waals surface area contributed by atoms with Crippen LogP contribution >= 0.6 is 0 Å². The van der Waals surface area contributed by atoms with Crippen molar-refractivity contribution in [2.75, 3.05) is 6.54 Å². The van der Waals surface area contributed by atoms with Crippen molar-refractivity contribution < 1.29 is 27.8 Å². The predicted octanol–water partition coefficient (Wildman–Crippen LogP) is 2.10. The highest BCUT2D eigenvalue weighted by Crippen LogP contribution is 2.22. The first-order valence-corrected chi connectivity index (χ1v) is 9.64. The molecule has 3 atom stereocenters. The Kier molecular flexibility index (Phi) is 6.23. The summed E-state index contributed by atoms with van der Waals surface area (Å²) in [5, 5.41) is 19.4. The Hall–Kier alpha value is -3.31. The Balaban J connectivity index is 1.32. The van der Waals surface area contributed by atoms with Gasteiger partial charge >= 0.3 is 12.6 Å². The van der Waals surface area contributed by atoms with Crippen molar-refractivity contribution >= 4 is 6.09 Å². The molecule has 1 saturated heterocycles. The summed E-state index contributed by atoms with van der Waals surface area (Å²) in [4.78, 5) is 16.1. The number of amides is 1. The third-order valence-electron chi connectivity index (χ3n) is 5.03. The summed E-state index contributed by atoms with van der Waals surface area (Å²) >= 11 is 0. The van der Waals surface area contributed by atoms with Crippen LogP contribution in [-0.4, -0.2) is 50.8 Å². The lowest BCUT2D eigenvalue weighted by Crippen LogP contribution is -2.41. The number of nitrogens with one attached hydrogen (secondary N) is 2. The van der Waals surface area contributed by atoms with Crippen molar-refractivity contribution in [2.24, 2.45) is 0 Å². The molecular formula is C20H21F2N5O4. The molecule has 9 nitrogen and oxygen atoms in total. The van der Waals surface area contributed by atoms with Crippen LogP contribution in [0.1, 0.15) is 17.7 Å². The van der Waals surface area contributed by atoms with E-state index >= 15 is 0 Å². The number of β-amino-alcohol motifs (C(OH)–C–C–N with tert-alkyl or cyclic N) is 1. The van der Waals surface area contributed by atoms with Gasteiger partial charge in [0.25, 0.3) is 0 Å². The average Bonchev–Trinajstić information content (AvgIpc) is 3.51. The van der Waals surface area contributed by atoms with E-state index in [9.17, 15) is 18.7 Å². The molecule has 0 saturated carbocycles. The number of carbonyl (C=O) groups excluding carboxylic acids is 1. The first-order chi connectivity index (χ1) is 15.0.